The first-order valence-electron chi connectivity index (χ1n) is 20.4. The molecule has 0 saturated heterocycles. The molecule has 0 N–H and O–H groups in total. The van der Waals surface area contributed by atoms with Gasteiger partial charge in [0.2, 0.25) is 11.5 Å². The lowest BCUT2D eigenvalue weighted by Gasteiger charge is -2.36. The second-order valence-electron chi connectivity index (χ2n) is 17.5. The summed E-state index contributed by atoms with van der Waals surface area (Å²) in [5.74, 6) is 3.65. The van der Waals surface area contributed by atoms with Gasteiger partial charge in [-0.2, -0.15) is 0 Å². The molecule has 0 aliphatic carbocycles. The monoisotopic (exact) mass is 922 g/mol. The van der Waals surface area contributed by atoms with Crippen LogP contribution in [-0.4, -0.2) is 75.4 Å². The molecule has 0 heterocycles. The molecule has 0 aliphatic rings. The van der Waals surface area contributed by atoms with E-state index in [1.165, 1.54) is 40.6 Å². The SMILES string of the molecule is CCc1cc(OC)c(OC)c([N+](=O)[O-])c1.COc1ccc(/C=C\c2cc(OC)c(OC)c([N+](=O)[O-])c2)cc1O[Si](C)(C)C(C)(C)C.COc1ccc(C=O)cc1O[Si](C)(C)C(C)(C)C. The summed E-state index contributed by atoms with van der Waals surface area (Å²) in [6.45, 7) is 23.7. The third kappa shape index (κ3) is 14.2. The lowest BCUT2D eigenvalue weighted by molar-refractivity contribution is -0.386. The maximum atomic E-state index is 11.4. The van der Waals surface area contributed by atoms with Crippen molar-refractivity contribution in [3.63, 3.8) is 0 Å². The van der Waals surface area contributed by atoms with Crippen LogP contribution in [0.5, 0.6) is 46.0 Å². The molecule has 4 rings (SSSR count). The zero-order valence-corrected chi connectivity index (χ0v) is 42.4. The summed E-state index contributed by atoms with van der Waals surface area (Å²) in [7, 11) is 4.91. The number of aryl methyl sites for hydroxylation is 1. The molecule has 0 amide bonds. The first-order valence-corrected chi connectivity index (χ1v) is 26.3. The topological polar surface area (TPSA) is 177 Å². The first-order chi connectivity index (χ1) is 29.8. The highest BCUT2D eigenvalue weighted by Gasteiger charge is 2.40. The Morgan fingerprint density at radius 1 is 0.516 bits per heavy atom. The number of hydrogen-bond donors (Lipinski definition) is 0. The van der Waals surface area contributed by atoms with E-state index in [2.05, 4.69) is 67.7 Å². The average molecular weight is 923 g/mol. The molecule has 4 aromatic carbocycles. The summed E-state index contributed by atoms with van der Waals surface area (Å²) in [6, 6.07) is 17.3. The molecule has 0 atom stereocenters. The van der Waals surface area contributed by atoms with Crippen molar-refractivity contribution in [3.05, 3.63) is 103 Å². The van der Waals surface area contributed by atoms with Gasteiger partial charge in [-0.25, -0.2) is 0 Å². The average Bonchev–Trinajstić information content (AvgIpc) is 3.23. The van der Waals surface area contributed by atoms with Crippen molar-refractivity contribution in [2.45, 2.75) is 91.2 Å². The summed E-state index contributed by atoms with van der Waals surface area (Å²) in [6.07, 6.45) is 5.18. The van der Waals surface area contributed by atoms with Gasteiger partial charge in [-0.3, -0.25) is 25.0 Å². The molecule has 0 aromatic heterocycles. The maximum absolute atomic E-state index is 11.4. The van der Waals surface area contributed by atoms with Crippen LogP contribution in [0.2, 0.25) is 36.3 Å². The number of methoxy groups -OCH3 is 6. The van der Waals surface area contributed by atoms with Gasteiger partial charge in [-0.15, -0.1) is 0 Å². The Balaban J connectivity index is 0.000000361. The van der Waals surface area contributed by atoms with Gasteiger partial charge >= 0.3 is 11.4 Å². The van der Waals surface area contributed by atoms with Crippen molar-refractivity contribution in [1.29, 1.82) is 0 Å². The van der Waals surface area contributed by atoms with Crippen LogP contribution < -0.4 is 37.3 Å². The minimum atomic E-state index is -2.06. The number of ether oxygens (including phenoxy) is 6. The molecule has 0 aliphatic heterocycles. The number of aldehydes is 1. The van der Waals surface area contributed by atoms with Crippen LogP contribution in [0.25, 0.3) is 12.2 Å². The van der Waals surface area contributed by atoms with Crippen LogP contribution in [0, 0.1) is 20.2 Å². The molecule has 0 unspecified atom stereocenters. The number of nitro groups is 2. The lowest BCUT2D eigenvalue weighted by atomic mass is 10.1. The number of hydrogen-bond acceptors (Lipinski definition) is 13. The van der Waals surface area contributed by atoms with Gasteiger partial charge in [-0.05, 0) is 102 Å². The summed E-state index contributed by atoms with van der Waals surface area (Å²) < 4.78 is 43.8. The van der Waals surface area contributed by atoms with Crippen molar-refractivity contribution in [1.82, 2.24) is 0 Å². The van der Waals surface area contributed by atoms with Crippen LogP contribution in [0.3, 0.4) is 0 Å². The van der Waals surface area contributed by atoms with Gasteiger partial charge < -0.3 is 37.3 Å². The minimum absolute atomic E-state index is 0.0441. The Bertz CT molecular complexity index is 2260. The predicted octanol–water partition coefficient (Wildman–Crippen LogP) is 12.2. The fourth-order valence-electron chi connectivity index (χ4n) is 5.31. The fourth-order valence-corrected chi connectivity index (χ4v) is 7.34. The normalized spacial score (nSPS) is 11.5. The van der Waals surface area contributed by atoms with Crippen LogP contribution in [0.1, 0.15) is 75.5 Å². The molecule has 15 nitrogen and oxygen atoms in total. The van der Waals surface area contributed by atoms with E-state index in [-0.39, 0.29) is 33.0 Å². The van der Waals surface area contributed by atoms with E-state index in [1.807, 2.05) is 31.2 Å². The predicted molar refractivity (Wildman–Crippen MR) is 258 cm³/mol. The highest BCUT2D eigenvalue weighted by molar-refractivity contribution is 6.75. The van der Waals surface area contributed by atoms with Crippen LogP contribution in [0.15, 0.2) is 60.7 Å². The Morgan fingerprint density at radius 3 is 1.27 bits per heavy atom. The molecule has 0 saturated carbocycles. The van der Waals surface area contributed by atoms with Gasteiger partial charge in [0, 0.05) is 17.7 Å². The van der Waals surface area contributed by atoms with E-state index in [0.717, 1.165) is 17.4 Å². The van der Waals surface area contributed by atoms with E-state index < -0.39 is 26.5 Å². The fraction of sp³-hybridized carbons (Fsp3) is 0.426. The van der Waals surface area contributed by atoms with Crippen LogP contribution >= 0.6 is 0 Å². The van der Waals surface area contributed by atoms with Gasteiger partial charge in [-0.1, -0.05) is 66.7 Å². The second kappa shape index (κ2) is 23.0. The molecule has 0 fully saturated rings. The quantitative estimate of drug-likeness (QED) is 0.0341. The number of carbonyl (C=O) groups is 1. The number of nitro benzene ring substituents is 2. The van der Waals surface area contributed by atoms with Gasteiger partial charge in [0.1, 0.15) is 17.8 Å². The lowest BCUT2D eigenvalue weighted by Crippen LogP contribution is -2.43. The Morgan fingerprint density at radius 2 is 0.891 bits per heavy atom. The van der Waals surface area contributed by atoms with Crippen LogP contribution in [-0.2, 0) is 6.42 Å². The highest BCUT2D eigenvalue weighted by atomic mass is 28.4. The number of nitrogens with zero attached hydrogens (tertiary/aromatic N) is 2. The van der Waals surface area contributed by atoms with Gasteiger partial charge in [0.15, 0.2) is 23.0 Å². The van der Waals surface area contributed by atoms with E-state index in [1.54, 1.807) is 50.6 Å². The summed E-state index contributed by atoms with van der Waals surface area (Å²) >= 11 is 0. The zero-order chi connectivity index (χ0) is 48.8. The highest BCUT2D eigenvalue weighted by Crippen LogP contribution is 2.43. The van der Waals surface area contributed by atoms with Crippen LogP contribution in [0.4, 0.5) is 11.4 Å². The van der Waals surface area contributed by atoms with Crippen molar-refractivity contribution in [2.24, 2.45) is 0 Å². The molecule has 0 bridgehead atoms. The molecule has 17 heteroatoms. The Hall–Kier alpha value is -6.08. The Kier molecular flexibility index (Phi) is 19.5. The molecule has 64 heavy (non-hydrogen) atoms. The molecule has 350 valence electrons. The standard InChI is InChI=1S/C23H31NO6Si.C14H22O3Si.C10H13NO4/c1-23(2,3)31(7,8)30-20-14-16(11-12-19(20)27-4)9-10-17-13-18(24(25)26)22(29-6)21(15-17)28-5;1-14(2,3)18(5,6)17-13-9-11(10-15)7-8-12(13)16-4;1-4-7-5-8(11(12)13)10(15-3)9(6-7)14-2/h9-15H,1-8H3;7-10H,1-6H3;5-6H,4H2,1-3H3/b10-9-;;. The zero-order valence-electron chi connectivity index (χ0n) is 40.4. The van der Waals surface area contributed by atoms with E-state index in [9.17, 15) is 25.0 Å². The minimum Gasteiger partial charge on any atom is -0.541 e. The second-order valence-corrected chi connectivity index (χ2v) is 26.9. The summed E-state index contributed by atoms with van der Waals surface area (Å²) in [5.41, 5.74) is 2.73. The largest absolute Gasteiger partial charge is 0.541 e. The van der Waals surface area contributed by atoms with E-state index >= 15 is 0 Å². The molecule has 0 spiro atoms. The third-order valence-electron chi connectivity index (χ3n) is 11.1. The van der Waals surface area contributed by atoms with E-state index in [4.69, 9.17) is 37.3 Å². The van der Waals surface area contributed by atoms with Gasteiger partial charge in [0.25, 0.3) is 16.6 Å². The Labute approximate surface area is 380 Å². The molecular formula is C47H66N2O13Si2. The van der Waals surface area contributed by atoms with Gasteiger partial charge in [0.05, 0.1) is 52.5 Å². The molecule has 4 aromatic rings. The van der Waals surface area contributed by atoms with Crippen molar-refractivity contribution < 1.29 is 51.9 Å². The number of benzene rings is 4. The maximum Gasteiger partial charge on any atom is 0.315 e. The molecule has 0 radical (unpaired) electrons. The smallest absolute Gasteiger partial charge is 0.315 e. The summed E-state index contributed by atoms with van der Waals surface area (Å²) in [4.78, 5) is 32.1. The summed E-state index contributed by atoms with van der Waals surface area (Å²) in [5, 5.41) is 22.4. The number of carbonyl (C=O) groups excluding carboxylic acids is 1. The van der Waals surface area contributed by atoms with E-state index in [0.29, 0.717) is 52.0 Å². The number of rotatable bonds is 16. The first kappa shape index (κ1) is 54.1. The van der Waals surface area contributed by atoms with Crippen molar-refractivity contribution in [2.75, 3.05) is 42.7 Å². The third-order valence-corrected chi connectivity index (χ3v) is 19.8. The van der Waals surface area contributed by atoms with Crippen molar-refractivity contribution in [3.8, 4) is 46.0 Å². The van der Waals surface area contributed by atoms with Crippen molar-refractivity contribution >= 4 is 46.4 Å². The molecular weight excluding hydrogens is 857 g/mol.